The number of aromatic nitrogens is 1. The van der Waals surface area contributed by atoms with E-state index in [0.29, 0.717) is 5.82 Å². The first-order valence-electron chi connectivity index (χ1n) is 5.14. The first kappa shape index (κ1) is 13.1. The molecule has 0 aliphatic carbocycles. The summed E-state index contributed by atoms with van der Waals surface area (Å²) < 4.78 is 0. The maximum atomic E-state index is 11.5. The molecule has 2 amide bonds. The van der Waals surface area contributed by atoms with Crippen LogP contribution in [-0.2, 0) is 9.59 Å². The highest BCUT2D eigenvalue weighted by Gasteiger charge is 2.18. The summed E-state index contributed by atoms with van der Waals surface area (Å²) >= 11 is 0. The zero-order chi connectivity index (χ0) is 12.8. The second-order valence-electron chi connectivity index (χ2n) is 3.63. The van der Waals surface area contributed by atoms with E-state index in [1.807, 2.05) is 6.92 Å². The van der Waals surface area contributed by atoms with Crippen molar-refractivity contribution in [3.63, 3.8) is 0 Å². The zero-order valence-corrected chi connectivity index (χ0v) is 9.80. The summed E-state index contributed by atoms with van der Waals surface area (Å²) in [5.41, 5.74) is 0.965. The van der Waals surface area contributed by atoms with Gasteiger partial charge in [0.15, 0.2) is 0 Å². The van der Waals surface area contributed by atoms with E-state index >= 15 is 0 Å². The molecule has 1 rings (SSSR count). The van der Waals surface area contributed by atoms with Crippen LogP contribution in [0.25, 0.3) is 0 Å². The molecule has 2 N–H and O–H groups in total. The molecular weight excluding hydrogens is 222 g/mol. The van der Waals surface area contributed by atoms with Crippen molar-refractivity contribution in [2.45, 2.75) is 6.92 Å². The number of hydrogen-bond acceptors (Lipinski definition) is 4. The van der Waals surface area contributed by atoms with Crippen LogP contribution >= 0.6 is 0 Å². The summed E-state index contributed by atoms with van der Waals surface area (Å²) in [5, 5.41) is 11.0. The summed E-state index contributed by atoms with van der Waals surface area (Å²) in [6, 6.07) is 3.40. The van der Waals surface area contributed by atoms with Gasteiger partial charge < -0.3 is 15.3 Å². The third-order valence-electron chi connectivity index (χ3n) is 2.13. The molecule has 6 heteroatoms. The van der Waals surface area contributed by atoms with Crippen molar-refractivity contribution in [2.75, 3.05) is 25.5 Å². The first-order valence-corrected chi connectivity index (χ1v) is 5.14. The normalized spacial score (nSPS) is 9.82. The van der Waals surface area contributed by atoms with Gasteiger partial charge in [-0.3, -0.25) is 9.59 Å². The Morgan fingerprint density at radius 1 is 1.47 bits per heavy atom. The predicted octanol–water partition coefficient (Wildman–Crippen LogP) is -0.221. The Bertz CT molecular complexity index is 403. The summed E-state index contributed by atoms with van der Waals surface area (Å²) in [5.74, 6) is -1.15. The minimum Gasteiger partial charge on any atom is -0.395 e. The van der Waals surface area contributed by atoms with Crippen LogP contribution in [0, 0.1) is 6.92 Å². The molecular formula is C11H15N3O3. The molecule has 0 spiro atoms. The molecule has 1 heterocycles. The minimum absolute atomic E-state index is 0.119. The molecule has 92 valence electrons. The number of aryl methyl sites for hydroxylation is 1. The summed E-state index contributed by atoms with van der Waals surface area (Å²) in [7, 11) is 1.45. The van der Waals surface area contributed by atoms with Crippen LogP contribution in [0.2, 0.25) is 0 Å². The Hall–Kier alpha value is -1.95. The molecule has 0 radical (unpaired) electrons. The van der Waals surface area contributed by atoms with Crippen LogP contribution in [-0.4, -0.2) is 47.0 Å². The standard InChI is InChI=1S/C11H15N3O3/c1-8-3-4-9(12-7-8)13-10(16)11(17)14(2)5-6-15/h3-4,7,15H,5-6H2,1-2H3,(H,12,13,16). The smallest absolute Gasteiger partial charge is 0.315 e. The van der Waals surface area contributed by atoms with Crippen molar-refractivity contribution in [3.8, 4) is 0 Å². The van der Waals surface area contributed by atoms with Gasteiger partial charge in [0.1, 0.15) is 5.82 Å². The summed E-state index contributed by atoms with van der Waals surface area (Å²) in [6.45, 7) is 1.81. The van der Waals surface area contributed by atoms with Gasteiger partial charge in [-0.1, -0.05) is 6.07 Å². The molecule has 0 saturated carbocycles. The molecule has 6 nitrogen and oxygen atoms in total. The van der Waals surface area contributed by atoms with Crippen LogP contribution in [0.5, 0.6) is 0 Å². The molecule has 0 aliphatic heterocycles. The number of anilines is 1. The number of carbonyl (C=O) groups excluding carboxylic acids is 2. The number of hydrogen-bond donors (Lipinski definition) is 2. The number of carbonyl (C=O) groups is 2. The number of pyridine rings is 1. The first-order chi connectivity index (χ1) is 8.04. The molecule has 0 aliphatic rings. The Morgan fingerprint density at radius 3 is 2.71 bits per heavy atom. The van der Waals surface area contributed by atoms with Gasteiger partial charge in [-0.25, -0.2) is 4.98 Å². The van der Waals surface area contributed by atoms with E-state index in [0.717, 1.165) is 10.5 Å². The number of aliphatic hydroxyl groups excluding tert-OH is 1. The number of likely N-dealkylation sites (N-methyl/N-ethyl adjacent to an activating group) is 1. The summed E-state index contributed by atoms with van der Waals surface area (Å²) in [4.78, 5) is 28.1. The van der Waals surface area contributed by atoms with E-state index in [4.69, 9.17) is 5.11 Å². The third-order valence-corrected chi connectivity index (χ3v) is 2.13. The second kappa shape index (κ2) is 5.95. The Morgan fingerprint density at radius 2 is 2.18 bits per heavy atom. The highest BCUT2D eigenvalue weighted by atomic mass is 16.3. The molecule has 0 bridgehead atoms. The molecule has 1 aromatic heterocycles. The third kappa shape index (κ3) is 3.84. The van der Waals surface area contributed by atoms with E-state index in [2.05, 4.69) is 10.3 Å². The fraction of sp³-hybridized carbons (Fsp3) is 0.364. The number of amides is 2. The van der Waals surface area contributed by atoms with E-state index in [1.54, 1.807) is 18.3 Å². The average molecular weight is 237 g/mol. The lowest BCUT2D eigenvalue weighted by Gasteiger charge is -2.14. The van der Waals surface area contributed by atoms with Crippen molar-refractivity contribution in [3.05, 3.63) is 23.9 Å². The lowest BCUT2D eigenvalue weighted by molar-refractivity contribution is -0.142. The maximum absolute atomic E-state index is 11.5. The van der Waals surface area contributed by atoms with E-state index in [9.17, 15) is 9.59 Å². The predicted molar refractivity (Wildman–Crippen MR) is 62.3 cm³/mol. The molecule has 0 saturated heterocycles. The number of nitrogens with one attached hydrogen (secondary N) is 1. The highest BCUT2D eigenvalue weighted by molar-refractivity contribution is 6.39. The summed E-state index contributed by atoms with van der Waals surface area (Å²) in [6.07, 6.45) is 1.59. The highest BCUT2D eigenvalue weighted by Crippen LogP contribution is 2.03. The van der Waals surface area contributed by atoms with Crippen molar-refractivity contribution in [1.29, 1.82) is 0 Å². The van der Waals surface area contributed by atoms with Gasteiger partial charge >= 0.3 is 11.8 Å². The van der Waals surface area contributed by atoms with Gasteiger partial charge in [-0.15, -0.1) is 0 Å². The fourth-order valence-electron chi connectivity index (χ4n) is 1.14. The maximum Gasteiger partial charge on any atom is 0.315 e. The number of aliphatic hydroxyl groups is 1. The van der Waals surface area contributed by atoms with Gasteiger partial charge in [0.2, 0.25) is 0 Å². The fourth-order valence-corrected chi connectivity index (χ4v) is 1.14. The van der Waals surface area contributed by atoms with Crippen molar-refractivity contribution < 1.29 is 14.7 Å². The van der Waals surface area contributed by atoms with Crippen LogP contribution in [0.1, 0.15) is 5.56 Å². The SMILES string of the molecule is Cc1ccc(NC(=O)C(=O)N(C)CCO)nc1. The van der Waals surface area contributed by atoms with Crippen LogP contribution in [0.15, 0.2) is 18.3 Å². The zero-order valence-electron chi connectivity index (χ0n) is 9.80. The monoisotopic (exact) mass is 237 g/mol. The van der Waals surface area contributed by atoms with E-state index in [-0.39, 0.29) is 13.2 Å². The van der Waals surface area contributed by atoms with E-state index in [1.165, 1.54) is 7.05 Å². The Kier molecular flexibility index (Phi) is 4.59. The Balaban J connectivity index is 2.60. The molecule has 0 fully saturated rings. The van der Waals surface area contributed by atoms with Crippen molar-refractivity contribution >= 4 is 17.6 Å². The molecule has 0 aromatic carbocycles. The van der Waals surface area contributed by atoms with Crippen molar-refractivity contribution in [1.82, 2.24) is 9.88 Å². The average Bonchev–Trinajstić information content (AvgIpc) is 2.31. The van der Waals surface area contributed by atoms with Crippen molar-refractivity contribution in [2.24, 2.45) is 0 Å². The Labute approximate surface area is 99.3 Å². The lowest BCUT2D eigenvalue weighted by Crippen LogP contribution is -2.38. The number of nitrogens with zero attached hydrogens (tertiary/aromatic N) is 2. The lowest BCUT2D eigenvalue weighted by atomic mass is 10.3. The molecule has 17 heavy (non-hydrogen) atoms. The van der Waals surface area contributed by atoms with Crippen LogP contribution < -0.4 is 5.32 Å². The molecule has 1 aromatic rings. The molecule has 0 atom stereocenters. The topological polar surface area (TPSA) is 82.5 Å². The number of rotatable bonds is 3. The quantitative estimate of drug-likeness (QED) is 0.712. The molecule has 0 unspecified atom stereocenters. The van der Waals surface area contributed by atoms with Crippen LogP contribution in [0.4, 0.5) is 5.82 Å². The van der Waals surface area contributed by atoms with Gasteiger partial charge in [-0.2, -0.15) is 0 Å². The minimum atomic E-state index is -0.766. The van der Waals surface area contributed by atoms with E-state index < -0.39 is 11.8 Å². The largest absolute Gasteiger partial charge is 0.395 e. The second-order valence-corrected chi connectivity index (χ2v) is 3.63. The van der Waals surface area contributed by atoms with Gasteiger partial charge in [-0.05, 0) is 18.6 Å². The van der Waals surface area contributed by atoms with Gasteiger partial charge in [0.05, 0.1) is 6.61 Å². The van der Waals surface area contributed by atoms with Crippen LogP contribution in [0.3, 0.4) is 0 Å². The van der Waals surface area contributed by atoms with Gasteiger partial charge in [0, 0.05) is 19.8 Å². The van der Waals surface area contributed by atoms with Gasteiger partial charge in [0.25, 0.3) is 0 Å².